The minimum Gasteiger partial charge on any atom is -0.493 e. The van der Waals surface area contributed by atoms with Gasteiger partial charge in [-0.05, 0) is 63.4 Å². The van der Waals surface area contributed by atoms with Crippen LogP contribution in [0.15, 0.2) is 18.2 Å². The number of piperidine rings is 1. The summed E-state index contributed by atoms with van der Waals surface area (Å²) in [6.45, 7) is 5.43. The molecule has 2 N–H and O–H groups in total. The molecule has 2 rings (SSSR count). The van der Waals surface area contributed by atoms with E-state index in [2.05, 4.69) is 10.6 Å². The number of carbonyl (C=O) groups is 1. The highest BCUT2D eigenvalue weighted by molar-refractivity contribution is 5.85. The van der Waals surface area contributed by atoms with Crippen LogP contribution in [0.5, 0.6) is 11.5 Å². The zero-order valence-corrected chi connectivity index (χ0v) is 17.5. The predicted octanol–water partition coefficient (Wildman–Crippen LogP) is 2.58. The Labute approximate surface area is 168 Å². The highest BCUT2D eigenvalue weighted by Gasteiger charge is 2.39. The van der Waals surface area contributed by atoms with Gasteiger partial charge in [-0.1, -0.05) is 6.07 Å². The fourth-order valence-electron chi connectivity index (χ4n) is 3.45. The lowest BCUT2D eigenvalue weighted by Gasteiger charge is -2.35. The Balaban J connectivity index is 0.00000364. The number of amides is 1. The first kappa shape index (κ1) is 23.5. The van der Waals surface area contributed by atoms with Crippen molar-refractivity contribution in [3.63, 3.8) is 0 Å². The van der Waals surface area contributed by atoms with Crippen molar-refractivity contribution in [1.82, 2.24) is 10.6 Å². The van der Waals surface area contributed by atoms with Gasteiger partial charge >= 0.3 is 0 Å². The first-order valence-electron chi connectivity index (χ1n) is 9.43. The number of carbonyl (C=O) groups excluding carboxylic acids is 1. The Hall–Kier alpha value is -1.50. The van der Waals surface area contributed by atoms with Crippen LogP contribution in [0, 0.1) is 5.41 Å². The van der Waals surface area contributed by atoms with E-state index in [9.17, 15) is 4.79 Å². The minimum absolute atomic E-state index is 0. The second-order valence-electron chi connectivity index (χ2n) is 6.74. The van der Waals surface area contributed by atoms with Crippen LogP contribution in [0.3, 0.4) is 0 Å². The molecule has 0 aliphatic carbocycles. The van der Waals surface area contributed by atoms with E-state index >= 15 is 0 Å². The Morgan fingerprint density at radius 3 is 2.59 bits per heavy atom. The van der Waals surface area contributed by atoms with Crippen LogP contribution in [0.4, 0.5) is 0 Å². The van der Waals surface area contributed by atoms with Gasteiger partial charge < -0.3 is 24.8 Å². The van der Waals surface area contributed by atoms with Crippen molar-refractivity contribution in [2.45, 2.75) is 32.6 Å². The summed E-state index contributed by atoms with van der Waals surface area (Å²) in [5.74, 6) is 1.63. The van der Waals surface area contributed by atoms with E-state index < -0.39 is 0 Å². The van der Waals surface area contributed by atoms with Crippen molar-refractivity contribution >= 4 is 18.3 Å². The number of nitrogens with one attached hydrogen (secondary N) is 2. The van der Waals surface area contributed by atoms with E-state index in [1.807, 2.05) is 25.1 Å². The third-order valence-corrected chi connectivity index (χ3v) is 4.92. The quantitative estimate of drug-likeness (QED) is 0.591. The zero-order chi connectivity index (χ0) is 18.8. The van der Waals surface area contributed by atoms with Crippen LogP contribution >= 0.6 is 12.4 Å². The van der Waals surface area contributed by atoms with Gasteiger partial charge in [0.2, 0.25) is 5.91 Å². The maximum Gasteiger partial charge on any atom is 0.228 e. The molecule has 0 spiro atoms. The van der Waals surface area contributed by atoms with Crippen LogP contribution in [0.2, 0.25) is 0 Å². The largest absolute Gasteiger partial charge is 0.493 e. The van der Waals surface area contributed by atoms with Gasteiger partial charge in [0.25, 0.3) is 0 Å². The SMILES string of the molecule is CCOc1cc(CCCNC(=O)C2(COC)CCNCC2)ccc1OC.Cl. The Kier molecular flexibility index (Phi) is 10.5. The van der Waals surface area contributed by atoms with Crippen molar-refractivity contribution in [3.8, 4) is 11.5 Å². The number of hydrogen-bond acceptors (Lipinski definition) is 5. The third kappa shape index (κ3) is 6.55. The van der Waals surface area contributed by atoms with Crippen LogP contribution < -0.4 is 20.1 Å². The monoisotopic (exact) mass is 400 g/mol. The fourth-order valence-corrected chi connectivity index (χ4v) is 3.45. The maximum absolute atomic E-state index is 12.7. The molecule has 1 amide bonds. The van der Waals surface area contributed by atoms with E-state index in [4.69, 9.17) is 14.2 Å². The summed E-state index contributed by atoms with van der Waals surface area (Å²) in [5.41, 5.74) is 0.791. The lowest BCUT2D eigenvalue weighted by atomic mass is 9.78. The molecule has 7 heteroatoms. The van der Waals surface area contributed by atoms with E-state index in [-0.39, 0.29) is 23.7 Å². The van der Waals surface area contributed by atoms with Gasteiger partial charge in [-0.25, -0.2) is 0 Å². The Bertz CT molecular complexity index is 572. The number of aryl methyl sites for hydroxylation is 1. The Morgan fingerprint density at radius 2 is 1.96 bits per heavy atom. The summed E-state index contributed by atoms with van der Waals surface area (Å²) in [4.78, 5) is 12.7. The molecule has 1 saturated heterocycles. The number of halogens is 1. The van der Waals surface area contributed by atoms with Crippen molar-refractivity contribution in [3.05, 3.63) is 23.8 Å². The molecule has 1 aliphatic heterocycles. The number of ether oxygens (including phenoxy) is 3. The standard InChI is InChI=1S/C20H32N2O4.ClH/c1-4-26-18-14-16(7-8-17(18)25-3)6-5-11-22-19(23)20(15-24-2)9-12-21-13-10-20;/h7-8,14,21H,4-6,9-13,15H2,1-3H3,(H,22,23);1H. The molecule has 0 radical (unpaired) electrons. The predicted molar refractivity (Wildman–Crippen MR) is 109 cm³/mol. The molecule has 0 unspecified atom stereocenters. The molecule has 1 aromatic rings. The van der Waals surface area contributed by atoms with Gasteiger partial charge in [-0.2, -0.15) is 0 Å². The maximum atomic E-state index is 12.7. The van der Waals surface area contributed by atoms with Crippen molar-refractivity contribution < 1.29 is 19.0 Å². The third-order valence-electron chi connectivity index (χ3n) is 4.92. The summed E-state index contributed by atoms with van der Waals surface area (Å²) in [7, 11) is 3.31. The van der Waals surface area contributed by atoms with Gasteiger partial charge in [-0.15, -0.1) is 12.4 Å². The van der Waals surface area contributed by atoms with E-state index in [0.29, 0.717) is 19.8 Å². The second kappa shape index (κ2) is 12.1. The molecule has 1 aliphatic rings. The first-order chi connectivity index (χ1) is 12.6. The minimum atomic E-state index is -0.387. The zero-order valence-electron chi connectivity index (χ0n) is 16.6. The molecule has 6 nitrogen and oxygen atoms in total. The molecular formula is C20H33ClN2O4. The van der Waals surface area contributed by atoms with E-state index in [1.54, 1.807) is 14.2 Å². The molecule has 0 aromatic heterocycles. The van der Waals surface area contributed by atoms with E-state index in [0.717, 1.165) is 50.3 Å². The number of methoxy groups -OCH3 is 2. The van der Waals surface area contributed by atoms with Gasteiger partial charge in [-0.3, -0.25) is 4.79 Å². The summed E-state index contributed by atoms with van der Waals surface area (Å²) >= 11 is 0. The van der Waals surface area contributed by atoms with Crippen molar-refractivity contribution in [1.29, 1.82) is 0 Å². The fraction of sp³-hybridized carbons (Fsp3) is 0.650. The number of benzene rings is 1. The van der Waals surface area contributed by atoms with Gasteiger partial charge in [0.05, 0.1) is 25.7 Å². The van der Waals surface area contributed by atoms with Gasteiger partial charge in [0.15, 0.2) is 11.5 Å². The smallest absolute Gasteiger partial charge is 0.228 e. The van der Waals surface area contributed by atoms with Crippen LogP contribution in [0.25, 0.3) is 0 Å². The van der Waals surface area contributed by atoms with E-state index in [1.165, 1.54) is 5.56 Å². The van der Waals surface area contributed by atoms with Crippen molar-refractivity contribution in [2.75, 3.05) is 47.1 Å². The summed E-state index contributed by atoms with van der Waals surface area (Å²) < 4.78 is 16.3. The summed E-state index contributed by atoms with van der Waals surface area (Å²) in [6.07, 6.45) is 3.40. The molecule has 1 heterocycles. The molecule has 0 atom stereocenters. The highest BCUT2D eigenvalue weighted by Crippen LogP contribution is 2.30. The Morgan fingerprint density at radius 1 is 1.22 bits per heavy atom. The van der Waals surface area contributed by atoms with Crippen molar-refractivity contribution in [2.24, 2.45) is 5.41 Å². The average molecular weight is 401 g/mol. The molecule has 1 aromatic carbocycles. The second-order valence-corrected chi connectivity index (χ2v) is 6.74. The molecule has 1 fully saturated rings. The van der Waals surface area contributed by atoms with Crippen LogP contribution in [-0.4, -0.2) is 53.0 Å². The molecule has 154 valence electrons. The topological polar surface area (TPSA) is 68.8 Å². The summed E-state index contributed by atoms with van der Waals surface area (Å²) in [6, 6.07) is 5.99. The molecule has 27 heavy (non-hydrogen) atoms. The molecule has 0 bridgehead atoms. The lowest BCUT2D eigenvalue weighted by molar-refractivity contribution is -0.136. The average Bonchev–Trinajstić information content (AvgIpc) is 2.66. The lowest BCUT2D eigenvalue weighted by Crippen LogP contribution is -2.50. The number of rotatable bonds is 10. The number of hydrogen-bond donors (Lipinski definition) is 2. The highest BCUT2D eigenvalue weighted by atomic mass is 35.5. The van der Waals surface area contributed by atoms with Gasteiger partial charge in [0, 0.05) is 13.7 Å². The molecular weight excluding hydrogens is 368 g/mol. The first-order valence-corrected chi connectivity index (χ1v) is 9.43. The summed E-state index contributed by atoms with van der Waals surface area (Å²) in [5, 5.41) is 6.42. The van der Waals surface area contributed by atoms with Crippen LogP contribution in [-0.2, 0) is 16.0 Å². The normalized spacial score (nSPS) is 15.5. The molecule has 0 saturated carbocycles. The van der Waals surface area contributed by atoms with Gasteiger partial charge in [0.1, 0.15) is 0 Å². The van der Waals surface area contributed by atoms with Crippen LogP contribution in [0.1, 0.15) is 31.7 Å².